The topological polar surface area (TPSA) is 12.0 Å². The van der Waals surface area contributed by atoms with E-state index in [-0.39, 0.29) is 0 Å². The van der Waals surface area contributed by atoms with Gasteiger partial charge < -0.3 is 5.32 Å². The molecule has 100 valence electrons. The van der Waals surface area contributed by atoms with Gasteiger partial charge in [0.25, 0.3) is 0 Å². The lowest BCUT2D eigenvalue weighted by Gasteiger charge is -2.21. The Balaban J connectivity index is 2.41. The van der Waals surface area contributed by atoms with Gasteiger partial charge in [-0.25, -0.2) is 0 Å². The van der Waals surface area contributed by atoms with Crippen LogP contribution in [0.25, 0.3) is 0 Å². The molecule has 1 aliphatic rings. The fourth-order valence-electron chi connectivity index (χ4n) is 3.00. The van der Waals surface area contributed by atoms with Crippen molar-refractivity contribution in [1.82, 2.24) is 5.32 Å². The normalized spacial score (nSPS) is 24.9. The highest BCUT2D eigenvalue weighted by molar-refractivity contribution is 6.61. The fraction of sp³-hybridized carbons (Fsp3) is 0.625. The first-order valence-corrected chi connectivity index (χ1v) is 7.31. The van der Waals surface area contributed by atoms with Crippen molar-refractivity contribution in [2.24, 2.45) is 0 Å². The third-order valence-corrected chi connectivity index (χ3v) is 4.21. The number of rotatable bonds is 6. The molecule has 1 rings (SSSR count). The Morgan fingerprint density at radius 2 is 2.17 bits per heavy atom. The fourth-order valence-corrected chi connectivity index (χ4v) is 3.00. The molecule has 2 heteroatoms. The van der Waals surface area contributed by atoms with Crippen molar-refractivity contribution in [2.75, 3.05) is 0 Å². The van der Waals surface area contributed by atoms with Gasteiger partial charge in [-0.3, -0.25) is 0 Å². The van der Waals surface area contributed by atoms with Crippen LogP contribution in [0.3, 0.4) is 0 Å². The Morgan fingerprint density at radius 3 is 2.72 bits per heavy atom. The van der Waals surface area contributed by atoms with E-state index in [2.05, 4.69) is 50.8 Å². The van der Waals surface area contributed by atoms with E-state index in [0.29, 0.717) is 5.94 Å². The van der Waals surface area contributed by atoms with Crippen LogP contribution in [-0.4, -0.2) is 12.7 Å². The van der Waals surface area contributed by atoms with E-state index in [0.717, 1.165) is 19.0 Å². The minimum atomic E-state index is 0.636. The van der Waals surface area contributed by atoms with E-state index >= 15 is 0 Å². The van der Waals surface area contributed by atoms with Crippen LogP contribution in [0.5, 0.6) is 0 Å². The van der Waals surface area contributed by atoms with Crippen LogP contribution in [0.15, 0.2) is 36.1 Å². The molecule has 1 fully saturated rings. The van der Waals surface area contributed by atoms with Gasteiger partial charge in [-0.2, -0.15) is 0 Å². The summed E-state index contributed by atoms with van der Waals surface area (Å²) in [6, 6.07) is 0. The van der Waals surface area contributed by atoms with Crippen LogP contribution >= 0.6 is 0 Å². The van der Waals surface area contributed by atoms with Crippen LogP contribution in [0.4, 0.5) is 0 Å². The van der Waals surface area contributed by atoms with Crippen LogP contribution < -0.4 is 5.32 Å². The molecule has 0 saturated carbocycles. The smallest absolute Gasteiger partial charge is 0.167 e. The predicted molar refractivity (Wildman–Crippen MR) is 84.1 cm³/mol. The Labute approximate surface area is 114 Å². The molecular weight excluding hydrogens is 217 g/mol. The summed E-state index contributed by atoms with van der Waals surface area (Å²) >= 11 is 0. The molecule has 1 N–H and O–H groups in total. The number of nitrogens with one attached hydrogen (secondary N) is 1. The van der Waals surface area contributed by atoms with Gasteiger partial charge in [-0.15, -0.1) is 0 Å². The largest absolute Gasteiger partial charge is 0.393 e. The summed E-state index contributed by atoms with van der Waals surface area (Å²) in [6.07, 6.45) is 11.3. The van der Waals surface area contributed by atoms with Crippen LogP contribution in [-0.2, 0) is 0 Å². The molecule has 0 radical (unpaired) electrons. The van der Waals surface area contributed by atoms with Crippen molar-refractivity contribution in [2.45, 2.75) is 65.0 Å². The molecular formula is C16H28BN. The van der Waals surface area contributed by atoms with Crippen LogP contribution in [0.2, 0.25) is 12.6 Å². The molecule has 0 aromatic heterocycles. The van der Waals surface area contributed by atoms with Gasteiger partial charge in [0.15, 0.2) is 6.71 Å². The van der Waals surface area contributed by atoms with E-state index in [4.69, 9.17) is 0 Å². The summed E-state index contributed by atoms with van der Waals surface area (Å²) in [6.45, 7) is 13.9. The molecule has 1 nitrogen and oxygen atoms in total. The third-order valence-electron chi connectivity index (χ3n) is 4.21. The first-order valence-electron chi connectivity index (χ1n) is 7.31. The average molecular weight is 245 g/mol. The van der Waals surface area contributed by atoms with Crippen molar-refractivity contribution in [3.63, 3.8) is 0 Å². The van der Waals surface area contributed by atoms with E-state index in [1.807, 2.05) is 6.92 Å². The Kier molecular flexibility index (Phi) is 6.31. The van der Waals surface area contributed by atoms with Crippen LogP contribution in [0.1, 0.15) is 46.5 Å². The maximum atomic E-state index is 4.18. The third kappa shape index (κ3) is 4.40. The molecule has 0 aromatic rings. The number of allylic oxidation sites excluding steroid dienone is 4. The molecule has 0 aliphatic carbocycles. The maximum Gasteiger partial charge on any atom is 0.167 e. The lowest BCUT2D eigenvalue weighted by atomic mass is 9.41. The van der Waals surface area contributed by atoms with Gasteiger partial charge in [0.05, 0.1) is 0 Å². The predicted octanol–water partition coefficient (Wildman–Crippen LogP) is 4.61. The van der Waals surface area contributed by atoms with Gasteiger partial charge in [-0.1, -0.05) is 62.8 Å². The summed E-state index contributed by atoms with van der Waals surface area (Å²) < 4.78 is 0. The zero-order valence-electron chi connectivity index (χ0n) is 12.5. The maximum absolute atomic E-state index is 4.18. The lowest BCUT2D eigenvalue weighted by Crippen LogP contribution is -2.37. The zero-order chi connectivity index (χ0) is 13.5. The molecule has 18 heavy (non-hydrogen) atoms. The van der Waals surface area contributed by atoms with Gasteiger partial charge in [0, 0.05) is 18.1 Å². The molecule has 0 spiro atoms. The van der Waals surface area contributed by atoms with Crippen molar-refractivity contribution in [3.8, 4) is 0 Å². The second-order valence-corrected chi connectivity index (χ2v) is 5.67. The van der Waals surface area contributed by atoms with Gasteiger partial charge in [0.2, 0.25) is 0 Å². The van der Waals surface area contributed by atoms with Gasteiger partial charge in [-0.05, 0) is 20.3 Å². The molecule has 0 bridgehead atoms. The SMILES string of the molecule is C=C(C/C(C)=C/C=C\C)NC1CCC(CC)B1C. The second-order valence-electron chi connectivity index (χ2n) is 5.67. The standard InChI is InChI=1S/C16H28BN/c1-6-8-9-13(3)12-14(4)18-16-11-10-15(7-2)17(16)5/h6,8-9,15-16,18H,4,7,10-12H2,1-3,5H3/b8-6-,13-9+. The quantitative estimate of drug-likeness (QED) is 0.532. The van der Waals surface area contributed by atoms with Crippen molar-refractivity contribution >= 4 is 6.71 Å². The highest BCUT2D eigenvalue weighted by Gasteiger charge is 2.34. The minimum Gasteiger partial charge on any atom is -0.393 e. The lowest BCUT2D eigenvalue weighted by molar-refractivity contribution is 0.649. The monoisotopic (exact) mass is 245 g/mol. The van der Waals surface area contributed by atoms with E-state index in [9.17, 15) is 0 Å². The van der Waals surface area contributed by atoms with Crippen LogP contribution in [0, 0.1) is 0 Å². The molecule has 1 aliphatic heterocycles. The average Bonchev–Trinajstić information content (AvgIpc) is 2.67. The first kappa shape index (κ1) is 15.1. The number of hydrogen-bond donors (Lipinski definition) is 1. The Hall–Kier alpha value is -0.915. The van der Waals surface area contributed by atoms with Crippen molar-refractivity contribution < 1.29 is 0 Å². The molecule has 0 amide bonds. The summed E-state index contributed by atoms with van der Waals surface area (Å²) in [5, 5.41) is 3.64. The molecule has 1 saturated heterocycles. The van der Waals surface area contributed by atoms with Gasteiger partial charge in [0.1, 0.15) is 0 Å². The van der Waals surface area contributed by atoms with E-state index in [1.54, 1.807) is 0 Å². The Bertz CT molecular complexity index is 330. The summed E-state index contributed by atoms with van der Waals surface area (Å²) in [7, 11) is 0. The summed E-state index contributed by atoms with van der Waals surface area (Å²) in [5.41, 5.74) is 2.53. The highest BCUT2D eigenvalue weighted by Crippen LogP contribution is 2.33. The molecule has 0 aromatic carbocycles. The second kappa shape index (κ2) is 7.50. The van der Waals surface area contributed by atoms with E-state index < -0.39 is 0 Å². The molecule has 2 unspecified atom stereocenters. The minimum absolute atomic E-state index is 0.636. The molecule has 1 heterocycles. The summed E-state index contributed by atoms with van der Waals surface area (Å²) in [4.78, 5) is 0. The zero-order valence-corrected chi connectivity index (χ0v) is 12.5. The number of hydrogen-bond acceptors (Lipinski definition) is 1. The summed E-state index contributed by atoms with van der Waals surface area (Å²) in [5.74, 6) is 1.53. The van der Waals surface area contributed by atoms with E-state index in [1.165, 1.54) is 30.5 Å². The first-order chi connectivity index (χ1) is 8.58. The van der Waals surface area contributed by atoms with Crippen molar-refractivity contribution in [1.29, 1.82) is 0 Å². The highest BCUT2D eigenvalue weighted by atomic mass is 14.9. The van der Waals surface area contributed by atoms with Crippen molar-refractivity contribution in [3.05, 3.63) is 36.1 Å². The molecule has 2 atom stereocenters. The van der Waals surface area contributed by atoms with Gasteiger partial charge >= 0.3 is 0 Å². The Morgan fingerprint density at radius 1 is 1.44 bits per heavy atom.